The first-order valence-corrected chi connectivity index (χ1v) is 10.5. The number of carbonyl (C=O) groups is 1. The van der Waals surface area contributed by atoms with E-state index in [2.05, 4.69) is 14.1 Å². The van der Waals surface area contributed by atoms with E-state index in [9.17, 15) is 4.79 Å². The molecular formula is C18H32BrNO5Si. The van der Waals surface area contributed by atoms with Gasteiger partial charge >= 0.3 is 14.8 Å². The van der Waals surface area contributed by atoms with E-state index in [0.29, 0.717) is 13.0 Å². The zero-order valence-electron chi connectivity index (χ0n) is 16.5. The Labute approximate surface area is 169 Å². The third-order valence-electron chi connectivity index (χ3n) is 4.34. The fourth-order valence-corrected chi connectivity index (χ4v) is 4.56. The summed E-state index contributed by atoms with van der Waals surface area (Å²) in [5.74, 6) is -0.154. The Kier molecular flexibility index (Phi) is 12.2. The van der Waals surface area contributed by atoms with Gasteiger partial charge in [-0.3, -0.25) is 4.79 Å². The Morgan fingerprint density at radius 3 is 2.12 bits per heavy atom. The molecule has 0 amide bonds. The highest BCUT2D eigenvalue weighted by atomic mass is 79.9. The lowest BCUT2D eigenvalue weighted by molar-refractivity contribution is -0.888. The number of benzene rings is 1. The Morgan fingerprint density at radius 1 is 1.00 bits per heavy atom. The van der Waals surface area contributed by atoms with Gasteiger partial charge in [0.2, 0.25) is 0 Å². The topological polar surface area (TPSA) is 54.0 Å². The monoisotopic (exact) mass is 449 g/mol. The Balaban J connectivity index is 0.00000625. The van der Waals surface area contributed by atoms with Crippen LogP contribution in [-0.2, 0) is 29.4 Å². The Morgan fingerprint density at radius 2 is 1.58 bits per heavy atom. The van der Waals surface area contributed by atoms with Crippen molar-refractivity contribution in [2.75, 3.05) is 48.5 Å². The summed E-state index contributed by atoms with van der Waals surface area (Å²) in [5.41, 5.74) is 1.01. The minimum Gasteiger partial charge on any atom is -1.00 e. The smallest absolute Gasteiger partial charge is 0.505 e. The van der Waals surface area contributed by atoms with Crippen molar-refractivity contribution in [2.24, 2.45) is 0 Å². The number of quaternary nitrogens is 1. The van der Waals surface area contributed by atoms with Crippen LogP contribution in [0.1, 0.15) is 18.4 Å². The predicted molar refractivity (Wildman–Crippen MR) is 98.9 cm³/mol. The molecule has 0 heterocycles. The maximum Gasteiger partial charge on any atom is 0.505 e. The summed E-state index contributed by atoms with van der Waals surface area (Å²) < 4.78 is 22.5. The molecule has 0 aromatic heterocycles. The average molecular weight is 450 g/mol. The van der Waals surface area contributed by atoms with Crippen LogP contribution in [-0.4, -0.2) is 67.8 Å². The van der Waals surface area contributed by atoms with Crippen LogP contribution in [0.4, 0.5) is 0 Å². The molecule has 150 valence electrons. The maximum absolute atomic E-state index is 11.9. The third kappa shape index (κ3) is 9.25. The molecule has 0 N–H and O–H groups in total. The van der Waals surface area contributed by atoms with E-state index in [1.54, 1.807) is 21.3 Å². The number of esters is 1. The lowest BCUT2D eigenvalue weighted by atomic mass is 10.2. The minimum atomic E-state index is -2.55. The number of halogens is 1. The number of hydrogen-bond donors (Lipinski definition) is 0. The first-order valence-electron chi connectivity index (χ1n) is 8.53. The van der Waals surface area contributed by atoms with Crippen LogP contribution in [0.2, 0.25) is 6.04 Å². The standard InChI is InChI=1S/C18H32NO5Si.BrH/c1-19(2,14-15-25(21-3,22-4)23-5)13-9-12-18(20)24-16-17-10-7-6-8-11-17;/h6-8,10-11H,9,12-16H2,1-5H3;1H/q+1;/p-1. The highest BCUT2D eigenvalue weighted by molar-refractivity contribution is 6.60. The van der Waals surface area contributed by atoms with Crippen molar-refractivity contribution < 1.29 is 44.3 Å². The number of nitrogens with zero attached hydrogens (tertiary/aromatic N) is 1. The molecule has 6 nitrogen and oxygen atoms in total. The minimum absolute atomic E-state index is 0. The van der Waals surface area contributed by atoms with Crippen molar-refractivity contribution in [3.8, 4) is 0 Å². The molecule has 0 atom stereocenters. The van der Waals surface area contributed by atoms with Gasteiger partial charge in [-0.1, -0.05) is 30.3 Å². The Bertz CT molecular complexity index is 503. The first-order chi connectivity index (χ1) is 11.9. The molecule has 0 saturated carbocycles. The fraction of sp³-hybridized carbons (Fsp3) is 0.611. The number of ether oxygens (including phenoxy) is 1. The second kappa shape index (κ2) is 12.6. The summed E-state index contributed by atoms with van der Waals surface area (Å²) in [6.07, 6.45) is 1.21. The second-order valence-electron chi connectivity index (χ2n) is 6.68. The zero-order valence-corrected chi connectivity index (χ0v) is 19.1. The molecule has 1 aromatic rings. The van der Waals surface area contributed by atoms with Crippen LogP contribution in [0.15, 0.2) is 30.3 Å². The molecule has 0 fully saturated rings. The lowest BCUT2D eigenvalue weighted by Gasteiger charge is -2.33. The quantitative estimate of drug-likeness (QED) is 0.244. The SMILES string of the molecule is CO[Si](CC[N+](C)(C)CCCC(=O)OCc1ccccc1)(OC)OC.[Br-]. The van der Waals surface area contributed by atoms with E-state index in [1.165, 1.54) is 0 Å². The fourth-order valence-electron chi connectivity index (χ4n) is 2.57. The average Bonchev–Trinajstić information content (AvgIpc) is 2.62. The molecule has 0 aliphatic heterocycles. The van der Waals surface area contributed by atoms with E-state index in [4.69, 9.17) is 18.0 Å². The van der Waals surface area contributed by atoms with Crippen molar-refractivity contribution in [1.82, 2.24) is 0 Å². The zero-order chi connectivity index (χ0) is 18.8. The van der Waals surface area contributed by atoms with Crippen molar-refractivity contribution in [3.63, 3.8) is 0 Å². The summed E-state index contributed by atoms with van der Waals surface area (Å²) in [7, 11) is 6.60. The van der Waals surface area contributed by atoms with Crippen LogP contribution in [0.25, 0.3) is 0 Å². The molecule has 0 radical (unpaired) electrons. The number of rotatable bonds is 12. The summed E-state index contributed by atoms with van der Waals surface area (Å²) in [6, 6.07) is 10.5. The number of carbonyl (C=O) groups excluding carboxylic acids is 1. The van der Waals surface area contributed by atoms with E-state index in [1.807, 2.05) is 30.3 Å². The van der Waals surface area contributed by atoms with Crippen molar-refractivity contribution in [2.45, 2.75) is 25.5 Å². The van der Waals surface area contributed by atoms with Crippen molar-refractivity contribution >= 4 is 14.8 Å². The van der Waals surface area contributed by atoms with Crippen molar-refractivity contribution in [1.29, 1.82) is 0 Å². The summed E-state index contributed by atoms with van der Waals surface area (Å²) in [6.45, 7) is 2.07. The van der Waals surface area contributed by atoms with E-state index >= 15 is 0 Å². The molecule has 1 aromatic carbocycles. The van der Waals surface area contributed by atoms with E-state index < -0.39 is 8.80 Å². The number of hydrogen-bond acceptors (Lipinski definition) is 5. The summed E-state index contributed by atoms with van der Waals surface area (Å²) >= 11 is 0. The van der Waals surface area contributed by atoms with Crippen LogP contribution >= 0.6 is 0 Å². The van der Waals surface area contributed by atoms with Crippen LogP contribution in [0.5, 0.6) is 0 Å². The highest BCUT2D eigenvalue weighted by Gasteiger charge is 2.39. The molecule has 26 heavy (non-hydrogen) atoms. The van der Waals surface area contributed by atoms with E-state index in [-0.39, 0.29) is 23.0 Å². The molecule has 0 aliphatic carbocycles. The van der Waals surface area contributed by atoms with Gasteiger partial charge in [-0.05, 0) is 5.56 Å². The molecule has 0 saturated heterocycles. The van der Waals surface area contributed by atoms with Crippen molar-refractivity contribution in [3.05, 3.63) is 35.9 Å². The van der Waals surface area contributed by atoms with Crippen LogP contribution < -0.4 is 17.0 Å². The van der Waals surface area contributed by atoms with Gasteiger partial charge in [0.15, 0.2) is 0 Å². The first kappa shape index (κ1) is 25.2. The van der Waals surface area contributed by atoms with E-state index in [0.717, 1.165) is 35.6 Å². The van der Waals surface area contributed by atoms with Gasteiger partial charge in [-0.25, -0.2) is 0 Å². The molecule has 0 spiro atoms. The highest BCUT2D eigenvalue weighted by Crippen LogP contribution is 2.16. The second-order valence-corrected chi connectivity index (χ2v) is 9.77. The van der Waals surface area contributed by atoms with Gasteiger partial charge in [0.05, 0.1) is 39.6 Å². The van der Waals surface area contributed by atoms with Gasteiger partial charge < -0.3 is 39.5 Å². The molecule has 1 rings (SSSR count). The Hall–Kier alpha value is -0.773. The predicted octanol–water partition coefficient (Wildman–Crippen LogP) is -0.531. The van der Waals surface area contributed by atoms with Gasteiger partial charge in [-0.2, -0.15) is 0 Å². The molecule has 8 heteroatoms. The van der Waals surface area contributed by atoms with Gasteiger partial charge in [0.1, 0.15) is 6.61 Å². The van der Waals surface area contributed by atoms with Gasteiger partial charge in [0, 0.05) is 27.8 Å². The van der Waals surface area contributed by atoms with Gasteiger partial charge in [-0.15, -0.1) is 0 Å². The summed E-state index contributed by atoms with van der Waals surface area (Å²) in [4.78, 5) is 11.9. The lowest BCUT2D eigenvalue weighted by Crippen LogP contribution is -3.00. The van der Waals surface area contributed by atoms with Crippen LogP contribution in [0, 0.1) is 0 Å². The third-order valence-corrected chi connectivity index (χ3v) is 7.05. The molecule has 0 unspecified atom stereocenters. The van der Waals surface area contributed by atoms with Crippen LogP contribution in [0.3, 0.4) is 0 Å². The molecule has 0 aliphatic rings. The normalized spacial score (nSPS) is 11.7. The van der Waals surface area contributed by atoms with Gasteiger partial charge in [0.25, 0.3) is 0 Å². The molecular weight excluding hydrogens is 418 g/mol. The summed E-state index contributed by atoms with van der Waals surface area (Å²) in [5, 5.41) is 0. The maximum atomic E-state index is 11.9. The largest absolute Gasteiger partial charge is 1.00 e. The molecule has 0 bridgehead atoms.